The summed E-state index contributed by atoms with van der Waals surface area (Å²) in [7, 11) is 0. The second-order valence-electron chi connectivity index (χ2n) is 6.52. The van der Waals surface area contributed by atoms with E-state index in [4.69, 9.17) is 9.84 Å². The van der Waals surface area contributed by atoms with Crippen molar-refractivity contribution >= 4 is 12.1 Å². The standard InChI is InChI=1S/C16H22N2O4/c1-16(2,3)22-15(21)18-12(9-14(19)20)6-7-13(18)11-5-4-8-17-10-11/h4-5,8,10,12-13H,6-7,9H2,1-3H3,(H,19,20). The molecule has 6 heteroatoms. The number of hydrogen-bond acceptors (Lipinski definition) is 4. The van der Waals surface area contributed by atoms with Crippen LogP contribution in [0.2, 0.25) is 0 Å². The zero-order valence-corrected chi connectivity index (χ0v) is 13.2. The lowest BCUT2D eigenvalue weighted by Gasteiger charge is -2.32. The van der Waals surface area contributed by atoms with Gasteiger partial charge < -0.3 is 9.84 Å². The van der Waals surface area contributed by atoms with E-state index in [9.17, 15) is 9.59 Å². The summed E-state index contributed by atoms with van der Waals surface area (Å²) < 4.78 is 5.46. The Hall–Kier alpha value is -2.11. The molecule has 6 nitrogen and oxygen atoms in total. The summed E-state index contributed by atoms with van der Waals surface area (Å²) in [6, 6.07) is 3.18. The number of likely N-dealkylation sites (tertiary alicyclic amines) is 1. The number of nitrogens with zero attached hydrogens (tertiary/aromatic N) is 2. The van der Waals surface area contributed by atoms with E-state index in [-0.39, 0.29) is 18.5 Å². The zero-order chi connectivity index (χ0) is 16.3. The summed E-state index contributed by atoms with van der Waals surface area (Å²) in [5.74, 6) is -0.912. The Morgan fingerprint density at radius 3 is 2.68 bits per heavy atom. The first-order valence-electron chi connectivity index (χ1n) is 7.41. The summed E-state index contributed by atoms with van der Waals surface area (Å²) in [5, 5.41) is 9.07. The molecule has 2 atom stereocenters. The van der Waals surface area contributed by atoms with Crippen LogP contribution in [0.25, 0.3) is 0 Å². The van der Waals surface area contributed by atoms with Gasteiger partial charge in [-0.3, -0.25) is 14.7 Å². The highest BCUT2D eigenvalue weighted by Gasteiger charge is 2.40. The van der Waals surface area contributed by atoms with Crippen LogP contribution in [0.15, 0.2) is 24.5 Å². The van der Waals surface area contributed by atoms with Crippen LogP contribution < -0.4 is 0 Å². The predicted molar refractivity (Wildman–Crippen MR) is 80.3 cm³/mol. The molecule has 0 aliphatic carbocycles. The highest BCUT2D eigenvalue weighted by molar-refractivity contribution is 5.73. The van der Waals surface area contributed by atoms with Crippen LogP contribution in [0.5, 0.6) is 0 Å². The maximum atomic E-state index is 12.5. The van der Waals surface area contributed by atoms with Gasteiger partial charge in [0.25, 0.3) is 0 Å². The van der Waals surface area contributed by atoms with Crippen molar-refractivity contribution in [2.75, 3.05) is 0 Å². The monoisotopic (exact) mass is 306 g/mol. The van der Waals surface area contributed by atoms with E-state index in [0.717, 1.165) is 5.56 Å². The Morgan fingerprint density at radius 1 is 1.41 bits per heavy atom. The van der Waals surface area contributed by atoms with Crippen molar-refractivity contribution in [2.45, 2.75) is 57.7 Å². The smallest absolute Gasteiger partial charge is 0.411 e. The van der Waals surface area contributed by atoms with Gasteiger partial charge in [0.1, 0.15) is 5.60 Å². The fraction of sp³-hybridized carbons (Fsp3) is 0.562. The summed E-state index contributed by atoms with van der Waals surface area (Å²) >= 11 is 0. The first-order valence-corrected chi connectivity index (χ1v) is 7.41. The molecule has 1 N–H and O–H groups in total. The molecule has 120 valence electrons. The fourth-order valence-corrected chi connectivity index (χ4v) is 2.78. The van der Waals surface area contributed by atoms with Gasteiger partial charge in [-0.1, -0.05) is 6.07 Å². The van der Waals surface area contributed by atoms with E-state index >= 15 is 0 Å². The van der Waals surface area contributed by atoms with Gasteiger partial charge in [0.2, 0.25) is 0 Å². The topological polar surface area (TPSA) is 79.7 Å². The van der Waals surface area contributed by atoms with E-state index in [1.54, 1.807) is 38.1 Å². The van der Waals surface area contributed by atoms with Crippen LogP contribution in [0.4, 0.5) is 4.79 Å². The molecule has 1 fully saturated rings. The number of amides is 1. The minimum Gasteiger partial charge on any atom is -0.481 e. The van der Waals surface area contributed by atoms with Crippen LogP contribution in [0, 0.1) is 0 Å². The molecular weight excluding hydrogens is 284 g/mol. The molecular formula is C16H22N2O4. The summed E-state index contributed by atoms with van der Waals surface area (Å²) in [4.78, 5) is 29.2. The van der Waals surface area contributed by atoms with Crippen molar-refractivity contribution in [3.63, 3.8) is 0 Å². The average Bonchev–Trinajstić information content (AvgIpc) is 2.80. The first-order chi connectivity index (χ1) is 10.3. The molecule has 1 amide bonds. The lowest BCUT2D eigenvalue weighted by molar-refractivity contribution is -0.138. The Labute approximate surface area is 130 Å². The van der Waals surface area contributed by atoms with Crippen LogP contribution >= 0.6 is 0 Å². The predicted octanol–water partition coefficient (Wildman–Crippen LogP) is 3.00. The maximum absolute atomic E-state index is 12.5. The molecule has 1 aliphatic heterocycles. The lowest BCUT2D eigenvalue weighted by Crippen LogP contribution is -2.42. The average molecular weight is 306 g/mol. The Balaban J connectivity index is 2.25. The van der Waals surface area contributed by atoms with Gasteiger partial charge in [-0.25, -0.2) is 4.79 Å². The molecule has 0 aromatic carbocycles. The molecule has 2 heterocycles. The number of pyridine rings is 1. The maximum Gasteiger partial charge on any atom is 0.411 e. The van der Waals surface area contributed by atoms with Crippen molar-refractivity contribution in [3.05, 3.63) is 30.1 Å². The van der Waals surface area contributed by atoms with E-state index in [0.29, 0.717) is 12.8 Å². The van der Waals surface area contributed by atoms with Crippen molar-refractivity contribution in [1.82, 2.24) is 9.88 Å². The van der Waals surface area contributed by atoms with Crippen LogP contribution in [0.1, 0.15) is 51.6 Å². The van der Waals surface area contributed by atoms with Crippen molar-refractivity contribution < 1.29 is 19.4 Å². The number of rotatable bonds is 3. The van der Waals surface area contributed by atoms with Gasteiger partial charge in [-0.05, 0) is 45.2 Å². The van der Waals surface area contributed by atoms with E-state index in [2.05, 4.69) is 4.98 Å². The third-order valence-corrected chi connectivity index (χ3v) is 3.59. The number of aliphatic carboxylic acids is 1. The molecule has 0 saturated carbocycles. The van der Waals surface area contributed by atoms with Crippen LogP contribution in [-0.4, -0.2) is 38.7 Å². The number of carbonyl (C=O) groups excluding carboxylic acids is 1. The van der Waals surface area contributed by atoms with E-state index in [1.165, 1.54) is 0 Å². The van der Waals surface area contributed by atoms with Gasteiger partial charge in [-0.15, -0.1) is 0 Å². The van der Waals surface area contributed by atoms with Crippen LogP contribution in [-0.2, 0) is 9.53 Å². The zero-order valence-electron chi connectivity index (χ0n) is 13.2. The molecule has 2 rings (SSSR count). The van der Waals surface area contributed by atoms with Gasteiger partial charge in [-0.2, -0.15) is 0 Å². The molecule has 0 bridgehead atoms. The normalized spacial score (nSPS) is 21.7. The molecule has 1 saturated heterocycles. The summed E-state index contributed by atoms with van der Waals surface area (Å²) in [5.41, 5.74) is 0.286. The Bertz CT molecular complexity index is 539. The highest BCUT2D eigenvalue weighted by Crippen LogP contribution is 2.38. The second kappa shape index (κ2) is 6.34. The third-order valence-electron chi connectivity index (χ3n) is 3.59. The number of aromatic nitrogens is 1. The molecule has 22 heavy (non-hydrogen) atoms. The number of carboxylic acids is 1. The quantitative estimate of drug-likeness (QED) is 0.928. The summed E-state index contributed by atoms with van der Waals surface area (Å²) in [6.07, 6.45) is 4.20. The van der Waals surface area contributed by atoms with Gasteiger partial charge in [0.05, 0.1) is 12.5 Å². The first kappa shape index (κ1) is 16.3. The Kier molecular flexibility index (Phi) is 4.68. The molecule has 1 aromatic rings. The van der Waals surface area contributed by atoms with Gasteiger partial charge in [0, 0.05) is 18.4 Å². The van der Waals surface area contributed by atoms with Crippen LogP contribution in [0.3, 0.4) is 0 Å². The fourth-order valence-electron chi connectivity index (χ4n) is 2.78. The van der Waals surface area contributed by atoms with Gasteiger partial charge >= 0.3 is 12.1 Å². The van der Waals surface area contributed by atoms with E-state index < -0.39 is 17.7 Å². The number of carbonyl (C=O) groups is 2. The molecule has 1 aliphatic rings. The number of hydrogen-bond donors (Lipinski definition) is 1. The Morgan fingerprint density at radius 2 is 2.14 bits per heavy atom. The second-order valence-corrected chi connectivity index (χ2v) is 6.52. The summed E-state index contributed by atoms with van der Waals surface area (Å²) in [6.45, 7) is 5.39. The highest BCUT2D eigenvalue weighted by atomic mass is 16.6. The van der Waals surface area contributed by atoms with Gasteiger partial charge in [0.15, 0.2) is 0 Å². The molecule has 2 unspecified atom stereocenters. The SMILES string of the molecule is CC(C)(C)OC(=O)N1C(CC(=O)O)CCC1c1cccnc1. The van der Waals surface area contributed by atoms with E-state index in [1.807, 2.05) is 12.1 Å². The largest absolute Gasteiger partial charge is 0.481 e. The lowest BCUT2D eigenvalue weighted by atomic mass is 10.1. The minimum absolute atomic E-state index is 0.0734. The number of carboxylic acid groups (broad SMARTS) is 1. The molecule has 1 aromatic heterocycles. The molecule has 0 spiro atoms. The minimum atomic E-state index is -0.912. The van der Waals surface area contributed by atoms with Crippen molar-refractivity contribution in [3.8, 4) is 0 Å². The van der Waals surface area contributed by atoms with Crippen molar-refractivity contribution in [1.29, 1.82) is 0 Å². The van der Waals surface area contributed by atoms with Crippen molar-refractivity contribution in [2.24, 2.45) is 0 Å². The number of ether oxygens (including phenoxy) is 1. The third kappa shape index (κ3) is 3.96. The molecule has 0 radical (unpaired) electrons.